The highest BCUT2D eigenvalue weighted by Gasteiger charge is 2.02. The third-order valence-electron chi connectivity index (χ3n) is 1.72. The summed E-state index contributed by atoms with van der Waals surface area (Å²) in [6, 6.07) is 7.93. The van der Waals surface area contributed by atoms with Gasteiger partial charge in [0.05, 0.1) is 0 Å². The Morgan fingerprint density at radius 2 is 2.00 bits per heavy atom. The van der Waals surface area contributed by atoms with Crippen molar-refractivity contribution in [2.45, 2.75) is 20.1 Å². The van der Waals surface area contributed by atoms with E-state index in [-0.39, 0.29) is 6.29 Å². The van der Waals surface area contributed by atoms with Gasteiger partial charge in [-0.1, -0.05) is 18.2 Å². The van der Waals surface area contributed by atoms with E-state index in [9.17, 15) is 0 Å². The first-order valence-corrected chi connectivity index (χ1v) is 4.80. The van der Waals surface area contributed by atoms with Crippen molar-refractivity contribution in [3.05, 3.63) is 29.8 Å². The maximum absolute atomic E-state index is 5.51. The Morgan fingerprint density at radius 1 is 1.33 bits per heavy atom. The lowest BCUT2D eigenvalue weighted by Crippen LogP contribution is -2.14. The summed E-state index contributed by atoms with van der Waals surface area (Å²) < 4.78 is 10.6. The fourth-order valence-corrected chi connectivity index (χ4v) is 1.01. The lowest BCUT2D eigenvalue weighted by Gasteiger charge is -2.14. The molecule has 66 valence electrons. The van der Waals surface area contributed by atoms with E-state index in [1.807, 2.05) is 38.1 Å². The van der Waals surface area contributed by atoms with Crippen LogP contribution in [0.5, 0.6) is 5.75 Å². The van der Waals surface area contributed by atoms with Gasteiger partial charge in [0.2, 0.25) is 0 Å². The first-order valence-electron chi connectivity index (χ1n) is 3.99. The molecule has 2 nitrogen and oxygen atoms in total. The number of ether oxygens (including phenoxy) is 1. The van der Waals surface area contributed by atoms with E-state index in [0.29, 0.717) is 10.5 Å². The van der Waals surface area contributed by atoms with Crippen LogP contribution in [-0.2, 0) is 4.43 Å². The summed E-state index contributed by atoms with van der Waals surface area (Å²) >= 11 is 0. The maximum atomic E-state index is 5.51. The highest BCUT2D eigenvalue weighted by Crippen LogP contribution is 2.17. The van der Waals surface area contributed by atoms with Gasteiger partial charge >= 0.3 is 0 Å². The number of hydrogen-bond donors (Lipinski definition) is 0. The van der Waals surface area contributed by atoms with E-state index >= 15 is 0 Å². The quantitative estimate of drug-likeness (QED) is 0.513. The third kappa shape index (κ3) is 2.36. The highest BCUT2D eigenvalue weighted by molar-refractivity contribution is 5.98. The molecule has 1 aromatic rings. The van der Waals surface area contributed by atoms with Crippen LogP contribution in [0.15, 0.2) is 24.3 Å². The van der Waals surface area contributed by atoms with Crippen LogP contribution in [0.3, 0.4) is 0 Å². The maximum Gasteiger partial charge on any atom is 0.187 e. The van der Waals surface area contributed by atoms with Gasteiger partial charge in [-0.25, -0.2) is 0 Å². The van der Waals surface area contributed by atoms with E-state index < -0.39 is 0 Å². The minimum atomic E-state index is -0.127. The molecule has 0 aliphatic carbocycles. The van der Waals surface area contributed by atoms with Gasteiger partial charge < -0.3 is 9.16 Å². The lowest BCUT2D eigenvalue weighted by atomic mass is 10.2. The van der Waals surface area contributed by atoms with Gasteiger partial charge in [-0.3, -0.25) is 0 Å². The second-order valence-corrected chi connectivity index (χ2v) is 3.16. The van der Waals surface area contributed by atoms with E-state index in [0.717, 1.165) is 11.3 Å². The number of aryl methyl sites for hydroxylation is 1. The zero-order valence-electron chi connectivity index (χ0n) is 7.70. The summed E-state index contributed by atoms with van der Waals surface area (Å²) in [6.07, 6.45) is -0.127. The number of hydrogen-bond acceptors (Lipinski definition) is 2. The first kappa shape index (κ1) is 9.29. The van der Waals surface area contributed by atoms with Crippen LogP contribution in [0, 0.1) is 6.92 Å². The average molecular weight is 182 g/mol. The van der Waals surface area contributed by atoms with Crippen molar-refractivity contribution in [3.8, 4) is 5.75 Å². The molecule has 1 atom stereocenters. The molecule has 0 N–H and O–H groups in total. The highest BCUT2D eigenvalue weighted by atomic mass is 28.2. The summed E-state index contributed by atoms with van der Waals surface area (Å²) in [4.78, 5) is 0. The van der Waals surface area contributed by atoms with Gasteiger partial charge in [-0.05, 0) is 25.5 Å². The van der Waals surface area contributed by atoms with Crippen LogP contribution in [0.2, 0.25) is 0 Å². The van der Waals surface area contributed by atoms with Crippen LogP contribution in [0.25, 0.3) is 0 Å². The largest absolute Gasteiger partial charge is 0.466 e. The number of rotatable bonds is 3. The first-order chi connectivity index (χ1) is 5.74. The molecule has 1 aromatic carbocycles. The van der Waals surface area contributed by atoms with Crippen molar-refractivity contribution in [1.29, 1.82) is 0 Å². The molecule has 3 heteroatoms. The van der Waals surface area contributed by atoms with Gasteiger partial charge in [0.15, 0.2) is 16.8 Å². The molecule has 0 aliphatic heterocycles. The molecular weight excluding hydrogens is 168 g/mol. The van der Waals surface area contributed by atoms with Crippen LogP contribution < -0.4 is 4.74 Å². The Hall–Kier alpha value is -0.803. The second-order valence-electron chi connectivity index (χ2n) is 2.69. The van der Waals surface area contributed by atoms with Gasteiger partial charge in [0, 0.05) is 0 Å². The van der Waals surface area contributed by atoms with Gasteiger partial charge in [-0.2, -0.15) is 0 Å². The zero-order chi connectivity index (χ0) is 8.97. The van der Waals surface area contributed by atoms with Crippen LogP contribution in [0.4, 0.5) is 0 Å². The van der Waals surface area contributed by atoms with Crippen LogP contribution >= 0.6 is 0 Å². The van der Waals surface area contributed by atoms with E-state index in [4.69, 9.17) is 9.16 Å². The molecule has 1 unspecified atom stereocenters. The van der Waals surface area contributed by atoms with Crippen molar-refractivity contribution < 1.29 is 9.16 Å². The normalized spacial score (nSPS) is 12.8. The zero-order valence-corrected chi connectivity index (χ0v) is 9.70. The van der Waals surface area contributed by atoms with Crippen molar-refractivity contribution >= 4 is 10.5 Å². The van der Waals surface area contributed by atoms with E-state index in [1.54, 1.807) is 0 Å². The molecule has 0 bridgehead atoms. The summed E-state index contributed by atoms with van der Waals surface area (Å²) in [5.74, 6) is 0.904. The Balaban J connectivity index is 2.69. The monoisotopic (exact) mass is 182 g/mol. The molecule has 0 amide bonds. The molecule has 0 radical (unpaired) electrons. The molecule has 12 heavy (non-hydrogen) atoms. The molecule has 0 saturated heterocycles. The Bertz CT molecular complexity index is 250. The lowest BCUT2D eigenvalue weighted by molar-refractivity contribution is 0.0290. The molecule has 0 spiro atoms. The van der Waals surface area contributed by atoms with Crippen molar-refractivity contribution in [1.82, 2.24) is 0 Å². The fraction of sp³-hybridized carbons (Fsp3) is 0.333. The SMILES string of the molecule is Cc1ccccc1OC(C)O[SiH3]. The Morgan fingerprint density at radius 3 is 2.58 bits per heavy atom. The average Bonchev–Trinajstić information content (AvgIpc) is 2.09. The third-order valence-corrected chi connectivity index (χ3v) is 2.38. The summed E-state index contributed by atoms with van der Waals surface area (Å²) in [5.41, 5.74) is 1.14. The number of benzene rings is 1. The molecule has 0 fully saturated rings. The molecule has 1 rings (SSSR count). The minimum Gasteiger partial charge on any atom is -0.466 e. The second kappa shape index (κ2) is 4.28. The number of para-hydroxylation sites is 1. The smallest absolute Gasteiger partial charge is 0.187 e. The van der Waals surface area contributed by atoms with Crippen LogP contribution in [-0.4, -0.2) is 16.8 Å². The predicted molar refractivity (Wildman–Crippen MR) is 52.3 cm³/mol. The predicted octanol–water partition coefficient (Wildman–Crippen LogP) is 1.02. The fourth-order valence-electron chi connectivity index (χ4n) is 0.916. The molecule has 0 saturated carbocycles. The van der Waals surface area contributed by atoms with E-state index in [1.165, 1.54) is 0 Å². The summed E-state index contributed by atoms with van der Waals surface area (Å²) in [6.45, 7) is 3.93. The standard InChI is InChI=1S/C9H14O2Si/c1-7-5-3-4-6-9(7)10-8(2)11-12/h3-6,8H,1-2,12H3. The summed E-state index contributed by atoms with van der Waals surface area (Å²) in [5, 5.41) is 0. The van der Waals surface area contributed by atoms with E-state index in [2.05, 4.69) is 0 Å². The molecule has 0 heterocycles. The topological polar surface area (TPSA) is 18.5 Å². The Labute approximate surface area is 76.0 Å². The molecule has 0 aromatic heterocycles. The van der Waals surface area contributed by atoms with Gasteiger partial charge in [0.1, 0.15) is 5.75 Å². The molecule has 0 aliphatic rings. The van der Waals surface area contributed by atoms with Crippen LogP contribution in [0.1, 0.15) is 12.5 Å². The summed E-state index contributed by atoms with van der Waals surface area (Å²) in [7, 11) is 0.707. The molecular formula is C9H14O2Si. The van der Waals surface area contributed by atoms with Gasteiger partial charge in [0.25, 0.3) is 0 Å². The van der Waals surface area contributed by atoms with Gasteiger partial charge in [-0.15, -0.1) is 0 Å². The Kier molecular flexibility index (Phi) is 3.31. The minimum absolute atomic E-state index is 0.127. The van der Waals surface area contributed by atoms with Crippen molar-refractivity contribution in [2.75, 3.05) is 0 Å². The van der Waals surface area contributed by atoms with Crippen molar-refractivity contribution in [2.24, 2.45) is 0 Å². The van der Waals surface area contributed by atoms with Crippen molar-refractivity contribution in [3.63, 3.8) is 0 Å².